The second kappa shape index (κ2) is 5.90. The van der Waals surface area contributed by atoms with Crippen LogP contribution in [0.15, 0.2) is 23.2 Å². The molecule has 0 unspecified atom stereocenters. The van der Waals surface area contributed by atoms with E-state index in [1.54, 1.807) is 26.3 Å². The van der Waals surface area contributed by atoms with Crippen molar-refractivity contribution >= 4 is 17.9 Å². The molecule has 0 spiro atoms. The normalized spacial score (nSPS) is 10.6. The lowest BCUT2D eigenvalue weighted by molar-refractivity contribution is -0.142. The van der Waals surface area contributed by atoms with E-state index in [1.165, 1.54) is 0 Å². The minimum atomic E-state index is -0.230. The summed E-state index contributed by atoms with van der Waals surface area (Å²) in [7, 11) is 1.68. The van der Waals surface area contributed by atoms with Gasteiger partial charge in [-0.25, -0.2) is 0 Å². The molecule has 4 nitrogen and oxygen atoms in total. The molecule has 0 saturated carbocycles. The van der Waals surface area contributed by atoms with Crippen molar-refractivity contribution in [3.8, 4) is 0 Å². The summed E-state index contributed by atoms with van der Waals surface area (Å²) in [6, 6.07) is 5.43. The Balaban J connectivity index is 2.82. The van der Waals surface area contributed by atoms with E-state index in [4.69, 9.17) is 10.5 Å². The molecule has 0 atom stereocenters. The van der Waals surface area contributed by atoms with Gasteiger partial charge >= 0.3 is 5.97 Å². The van der Waals surface area contributed by atoms with Gasteiger partial charge in [0.1, 0.15) is 0 Å². The number of aliphatic imine (C=N–C) groups is 1. The molecule has 0 radical (unpaired) electrons. The van der Waals surface area contributed by atoms with Crippen LogP contribution in [0.2, 0.25) is 0 Å². The third kappa shape index (κ3) is 3.38. The van der Waals surface area contributed by atoms with Crippen LogP contribution in [0, 0.1) is 0 Å². The molecule has 86 valence electrons. The average molecular weight is 220 g/mol. The highest BCUT2D eigenvalue weighted by Gasteiger charge is 2.05. The van der Waals surface area contributed by atoms with Crippen molar-refractivity contribution in [1.29, 1.82) is 0 Å². The van der Waals surface area contributed by atoms with Gasteiger partial charge in [-0.3, -0.25) is 9.79 Å². The van der Waals surface area contributed by atoms with Gasteiger partial charge in [0.05, 0.1) is 13.0 Å². The summed E-state index contributed by atoms with van der Waals surface area (Å²) in [6.45, 7) is 2.19. The number of carbonyl (C=O) groups is 1. The van der Waals surface area contributed by atoms with Crippen molar-refractivity contribution in [2.24, 2.45) is 4.99 Å². The highest BCUT2D eigenvalue weighted by Crippen LogP contribution is 2.13. The fourth-order valence-corrected chi connectivity index (χ4v) is 1.36. The molecule has 0 amide bonds. The summed E-state index contributed by atoms with van der Waals surface area (Å²) < 4.78 is 4.87. The Hall–Kier alpha value is -1.84. The van der Waals surface area contributed by atoms with E-state index >= 15 is 0 Å². The van der Waals surface area contributed by atoms with Crippen molar-refractivity contribution in [3.05, 3.63) is 29.3 Å². The maximum Gasteiger partial charge on any atom is 0.310 e. The van der Waals surface area contributed by atoms with Crippen molar-refractivity contribution in [2.45, 2.75) is 13.3 Å². The number of anilines is 1. The van der Waals surface area contributed by atoms with Crippen LogP contribution in [0.5, 0.6) is 0 Å². The lowest BCUT2D eigenvalue weighted by atomic mass is 10.1. The molecule has 0 aliphatic carbocycles. The number of esters is 1. The van der Waals surface area contributed by atoms with Crippen LogP contribution in [0.4, 0.5) is 5.69 Å². The number of benzene rings is 1. The molecule has 4 heteroatoms. The minimum absolute atomic E-state index is 0.230. The Kier molecular flexibility index (Phi) is 4.51. The van der Waals surface area contributed by atoms with E-state index in [0.29, 0.717) is 12.3 Å². The molecule has 0 aromatic heterocycles. The monoisotopic (exact) mass is 220 g/mol. The molecule has 0 heterocycles. The van der Waals surface area contributed by atoms with Gasteiger partial charge in [-0.2, -0.15) is 0 Å². The molecule has 16 heavy (non-hydrogen) atoms. The molecular formula is C12H16N2O2. The molecule has 0 aliphatic rings. The Morgan fingerprint density at radius 2 is 2.31 bits per heavy atom. The summed E-state index contributed by atoms with van der Waals surface area (Å²) in [5, 5.41) is 0. The number of hydrogen-bond acceptors (Lipinski definition) is 4. The molecule has 2 N–H and O–H groups in total. The van der Waals surface area contributed by atoms with E-state index in [9.17, 15) is 4.79 Å². The molecule has 1 rings (SSSR count). The number of ether oxygens (including phenoxy) is 1. The average Bonchev–Trinajstić information content (AvgIpc) is 2.24. The van der Waals surface area contributed by atoms with Crippen molar-refractivity contribution in [1.82, 2.24) is 0 Å². The Morgan fingerprint density at radius 3 is 2.94 bits per heavy atom. The Labute approximate surface area is 95.1 Å². The second-order valence-corrected chi connectivity index (χ2v) is 3.33. The molecule has 1 aromatic carbocycles. The Morgan fingerprint density at radius 1 is 1.56 bits per heavy atom. The van der Waals surface area contributed by atoms with Gasteiger partial charge in [0.25, 0.3) is 0 Å². The number of rotatable bonds is 4. The number of nitrogens with two attached hydrogens (primary N) is 1. The quantitative estimate of drug-likeness (QED) is 0.474. The number of nitrogen functional groups attached to an aromatic ring is 1. The first-order valence-corrected chi connectivity index (χ1v) is 5.13. The summed E-state index contributed by atoms with van der Waals surface area (Å²) in [6.07, 6.45) is 1.93. The highest BCUT2D eigenvalue weighted by atomic mass is 16.5. The molecular weight excluding hydrogens is 204 g/mol. The lowest BCUT2D eigenvalue weighted by Gasteiger charge is -2.05. The third-order valence-electron chi connectivity index (χ3n) is 2.07. The fraction of sp³-hybridized carbons (Fsp3) is 0.333. The maximum atomic E-state index is 11.3. The van der Waals surface area contributed by atoms with E-state index in [0.717, 1.165) is 11.1 Å². The topological polar surface area (TPSA) is 64.7 Å². The van der Waals surface area contributed by atoms with E-state index < -0.39 is 0 Å². The lowest BCUT2D eigenvalue weighted by Crippen LogP contribution is -2.08. The van der Waals surface area contributed by atoms with E-state index in [-0.39, 0.29) is 12.4 Å². The minimum Gasteiger partial charge on any atom is -0.466 e. The van der Waals surface area contributed by atoms with Crippen LogP contribution in [-0.2, 0) is 16.0 Å². The maximum absolute atomic E-state index is 11.3. The van der Waals surface area contributed by atoms with Gasteiger partial charge in [-0.15, -0.1) is 0 Å². The summed E-state index contributed by atoms with van der Waals surface area (Å²) >= 11 is 0. The van der Waals surface area contributed by atoms with Crippen LogP contribution in [-0.4, -0.2) is 25.8 Å². The zero-order valence-electron chi connectivity index (χ0n) is 9.56. The first-order valence-electron chi connectivity index (χ1n) is 5.13. The number of carbonyl (C=O) groups excluding carboxylic acids is 1. The molecule has 1 aromatic rings. The number of nitrogens with zero attached hydrogens (tertiary/aromatic N) is 1. The van der Waals surface area contributed by atoms with Crippen molar-refractivity contribution < 1.29 is 9.53 Å². The van der Waals surface area contributed by atoms with Gasteiger partial charge in [-0.05, 0) is 24.6 Å². The third-order valence-corrected chi connectivity index (χ3v) is 2.07. The predicted molar refractivity (Wildman–Crippen MR) is 64.7 cm³/mol. The van der Waals surface area contributed by atoms with Crippen molar-refractivity contribution in [2.75, 3.05) is 19.4 Å². The summed E-state index contributed by atoms with van der Waals surface area (Å²) in [5.41, 5.74) is 8.11. The summed E-state index contributed by atoms with van der Waals surface area (Å²) in [5.74, 6) is -0.230. The van der Waals surface area contributed by atoms with Gasteiger partial charge in [0.2, 0.25) is 0 Å². The van der Waals surface area contributed by atoms with Crippen LogP contribution < -0.4 is 5.73 Å². The number of hydrogen-bond donors (Lipinski definition) is 1. The van der Waals surface area contributed by atoms with E-state index in [1.807, 2.05) is 12.1 Å². The van der Waals surface area contributed by atoms with Crippen LogP contribution in [0.3, 0.4) is 0 Å². The van der Waals surface area contributed by atoms with Crippen LogP contribution in [0.25, 0.3) is 0 Å². The first-order chi connectivity index (χ1) is 7.67. The van der Waals surface area contributed by atoms with Gasteiger partial charge in [0, 0.05) is 24.5 Å². The van der Waals surface area contributed by atoms with Crippen LogP contribution >= 0.6 is 0 Å². The standard InChI is InChI=1S/C12H16N2O2/c1-3-16-12(15)7-9-4-5-11(13)10(6-9)8-14-2/h4-6,8H,3,7,13H2,1-2H3. The highest BCUT2D eigenvalue weighted by molar-refractivity contribution is 5.87. The predicted octanol–water partition coefficient (Wildman–Crippen LogP) is 1.42. The summed E-state index contributed by atoms with van der Waals surface area (Å²) in [4.78, 5) is 15.2. The van der Waals surface area contributed by atoms with Gasteiger partial charge < -0.3 is 10.5 Å². The Bertz CT molecular complexity index is 400. The molecule has 0 aliphatic heterocycles. The first kappa shape index (κ1) is 12.2. The van der Waals surface area contributed by atoms with Gasteiger partial charge in [-0.1, -0.05) is 6.07 Å². The van der Waals surface area contributed by atoms with Crippen LogP contribution in [0.1, 0.15) is 18.1 Å². The molecule has 0 saturated heterocycles. The smallest absolute Gasteiger partial charge is 0.310 e. The zero-order chi connectivity index (χ0) is 12.0. The second-order valence-electron chi connectivity index (χ2n) is 3.33. The van der Waals surface area contributed by atoms with E-state index in [2.05, 4.69) is 4.99 Å². The molecule has 0 bridgehead atoms. The fourth-order valence-electron chi connectivity index (χ4n) is 1.36. The van der Waals surface area contributed by atoms with Crippen molar-refractivity contribution in [3.63, 3.8) is 0 Å². The molecule has 0 fully saturated rings. The SMILES string of the molecule is CCOC(=O)Cc1ccc(N)c(C=NC)c1. The van der Waals surface area contributed by atoms with Gasteiger partial charge in [0.15, 0.2) is 0 Å². The largest absolute Gasteiger partial charge is 0.466 e. The zero-order valence-corrected chi connectivity index (χ0v) is 9.56.